The maximum Gasteiger partial charge on any atom is 0.266 e. The van der Waals surface area contributed by atoms with Crippen LogP contribution in [0.15, 0.2) is 60.2 Å². The molecule has 0 bridgehead atoms. The fraction of sp³-hybridized carbons (Fsp3) is 0.167. The molecule has 1 N–H and O–H groups in total. The lowest BCUT2D eigenvalue weighted by Crippen LogP contribution is -2.13. The van der Waals surface area contributed by atoms with Crippen LogP contribution in [0.5, 0.6) is 5.75 Å². The number of aromatic nitrogens is 1. The molecular formula is C24H22ClN3O2. The molecule has 0 saturated carbocycles. The van der Waals surface area contributed by atoms with Gasteiger partial charge in [0.2, 0.25) is 0 Å². The molecule has 0 fully saturated rings. The predicted octanol–water partition coefficient (Wildman–Crippen LogP) is 5.69. The van der Waals surface area contributed by atoms with Crippen molar-refractivity contribution < 1.29 is 9.53 Å². The number of hydrogen-bond donors (Lipinski definition) is 1. The van der Waals surface area contributed by atoms with E-state index in [-0.39, 0.29) is 5.57 Å². The monoisotopic (exact) mass is 419 g/mol. The molecule has 3 aromatic rings. The number of carbonyl (C=O) groups excluding carboxylic acids is 1. The van der Waals surface area contributed by atoms with Gasteiger partial charge in [0.15, 0.2) is 0 Å². The number of amides is 1. The lowest BCUT2D eigenvalue weighted by Gasteiger charge is -2.11. The molecule has 0 radical (unpaired) electrons. The lowest BCUT2D eigenvalue weighted by atomic mass is 10.1. The van der Waals surface area contributed by atoms with E-state index in [2.05, 4.69) is 9.88 Å². The number of ether oxygens (including phenoxy) is 1. The minimum absolute atomic E-state index is 0.0249. The van der Waals surface area contributed by atoms with Crippen molar-refractivity contribution in [2.75, 3.05) is 11.9 Å². The fourth-order valence-corrected chi connectivity index (χ4v) is 3.35. The number of anilines is 1. The van der Waals surface area contributed by atoms with Crippen LogP contribution in [-0.2, 0) is 4.79 Å². The van der Waals surface area contributed by atoms with Gasteiger partial charge in [-0.2, -0.15) is 5.26 Å². The Labute approximate surface area is 181 Å². The minimum Gasteiger partial charge on any atom is -0.494 e. The highest BCUT2D eigenvalue weighted by Gasteiger charge is 2.14. The maximum atomic E-state index is 12.5. The molecular weight excluding hydrogens is 398 g/mol. The van der Waals surface area contributed by atoms with E-state index in [1.54, 1.807) is 30.3 Å². The van der Waals surface area contributed by atoms with Crippen LogP contribution in [0, 0.1) is 25.2 Å². The maximum absolute atomic E-state index is 12.5. The normalized spacial score (nSPS) is 11.1. The molecule has 1 amide bonds. The van der Waals surface area contributed by atoms with Crippen molar-refractivity contribution in [1.29, 1.82) is 5.26 Å². The van der Waals surface area contributed by atoms with Crippen LogP contribution in [-0.4, -0.2) is 17.1 Å². The quantitative estimate of drug-likeness (QED) is 0.412. The van der Waals surface area contributed by atoms with Gasteiger partial charge in [0, 0.05) is 27.8 Å². The molecule has 152 valence electrons. The molecule has 0 aliphatic heterocycles. The summed E-state index contributed by atoms with van der Waals surface area (Å²) in [7, 11) is 0. The molecule has 2 aromatic carbocycles. The second-order valence-corrected chi connectivity index (χ2v) is 7.16. The Morgan fingerprint density at radius 1 is 1.17 bits per heavy atom. The fourth-order valence-electron chi connectivity index (χ4n) is 3.22. The number of nitrogens with one attached hydrogen (secondary N) is 1. The zero-order valence-electron chi connectivity index (χ0n) is 17.1. The number of rotatable bonds is 6. The van der Waals surface area contributed by atoms with Crippen molar-refractivity contribution in [3.8, 4) is 17.5 Å². The predicted molar refractivity (Wildman–Crippen MR) is 120 cm³/mol. The van der Waals surface area contributed by atoms with Gasteiger partial charge in [-0.15, -0.1) is 0 Å². The molecule has 30 heavy (non-hydrogen) atoms. The molecule has 0 aliphatic carbocycles. The summed E-state index contributed by atoms with van der Waals surface area (Å²) >= 11 is 5.87. The number of nitriles is 1. The number of nitrogens with zero attached hydrogens (tertiary/aromatic N) is 2. The first kappa shape index (κ1) is 21.2. The summed E-state index contributed by atoms with van der Waals surface area (Å²) in [6.45, 7) is 6.51. The Balaban J connectivity index is 1.88. The second kappa shape index (κ2) is 9.34. The summed E-state index contributed by atoms with van der Waals surface area (Å²) in [6, 6.07) is 18.5. The van der Waals surface area contributed by atoms with Gasteiger partial charge in [-0.05, 0) is 87.0 Å². The van der Waals surface area contributed by atoms with Gasteiger partial charge >= 0.3 is 0 Å². The van der Waals surface area contributed by atoms with Crippen LogP contribution >= 0.6 is 11.6 Å². The van der Waals surface area contributed by atoms with E-state index in [1.165, 1.54) is 0 Å². The highest BCUT2D eigenvalue weighted by molar-refractivity contribution is 6.30. The van der Waals surface area contributed by atoms with Gasteiger partial charge in [0.25, 0.3) is 5.91 Å². The van der Waals surface area contributed by atoms with Crippen LogP contribution in [0.3, 0.4) is 0 Å². The SMILES string of the molecule is CCOc1ccc(-n2c(C)cc(/C=C(/C#N)C(=O)Nc3ccc(Cl)cc3)c2C)cc1. The summed E-state index contributed by atoms with van der Waals surface area (Å²) in [4.78, 5) is 12.5. The minimum atomic E-state index is -0.467. The van der Waals surface area contributed by atoms with Crippen molar-refractivity contribution in [3.05, 3.63) is 82.1 Å². The van der Waals surface area contributed by atoms with Crippen LogP contribution in [0.2, 0.25) is 5.02 Å². The Morgan fingerprint density at radius 3 is 2.43 bits per heavy atom. The number of benzene rings is 2. The van der Waals surface area contributed by atoms with Crippen molar-refractivity contribution >= 4 is 29.3 Å². The van der Waals surface area contributed by atoms with Gasteiger partial charge in [-0.1, -0.05) is 11.6 Å². The summed E-state index contributed by atoms with van der Waals surface area (Å²) < 4.78 is 7.58. The lowest BCUT2D eigenvalue weighted by molar-refractivity contribution is -0.112. The standard InChI is InChI=1S/C24H22ClN3O2/c1-4-30-23-11-9-22(10-12-23)28-16(2)13-18(17(28)3)14-19(15-26)24(29)27-21-7-5-20(25)6-8-21/h5-14H,4H2,1-3H3,(H,27,29)/b19-14-. The van der Waals surface area contributed by atoms with E-state index < -0.39 is 5.91 Å². The molecule has 0 spiro atoms. The Bertz CT molecular complexity index is 1120. The number of hydrogen-bond acceptors (Lipinski definition) is 3. The number of aryl methyl sites for hydroxylation is 1. The molecule has 0 saturated heterocycles. The largest absolute Gasteiger partial charge is 0.494 e. The summed E-state index contributed by atoms with van der Waals surface area (Å²) in [5.41, 5.74) is 4.32. The van der Waals surface area contributed by atoms with E-state index in [0.717, 1.165) is 28.4 Å². The summed E-state index contributed by atoms with van der Waals surface area (Å²) in [5, 5.41) is 12.8. The third-order valence-electron chi connectivity index (χ3n) is 4.64. The van der Waals surface area contributed by atoms with Crippen molar-refractivity contribution in [3.63, 3.8) is 0 Å². The first-order valence-electron chi connectivity index (χ1n) is 9.53. The van der Waals surface area contributed by atoms with Gasteiger partial charge in [0.05, 0.1) is 6.61 Å². The third kappa shape index (κ3) is 4.73. The van der Waals surface area contributed by atoms with Crippen LogP contribution < -0.4 is 10.1 Å². The van der Waals surface area contributed by atoms with Crippen LogP contribution in [0.25, 0.3) is 11.8 Å². The summed E-state index contributed by atoms with van der Waals surface area (Å²) in [5.74, 6) is 0.347. The first-order chi connectivity index (χ1) is 14.4. The molecule has 0 unspecified atom stereocenters. The molecule has 0 aliphatic rings. The molecule has 5 nitrogen and oxygen atoms in total. The van der Waals surface area contributed by atoms with E-state index >= 15 is 0 Å². The Morgan fingerprint density at radius 2 is 1.83 bits per heavy atom. The Kier molecular flexibility index (Phi) is 6.61. The van der Waals surface area contributed by atoms with Gasteiger partial charge in [-0.3, -0.25) is 4.79 Å². The zero-order valence-corrected chi connectivity index (χ0v) is 17.8. The summed E-state index contributed by atoms with van der Waals surface area (Å²) in [6.07, 6.45) is 1.61. The molecule has 1 heterocycles. The number of halogens is 1. The van der Waals surface area contributed by atoms with E-state index in [9.17, 15) is 10.1 Å². The molecule has 6 heteroatoms. The number of carbonyl (C=O) groups is 1. The van der Waals surface area contributed by atoms with E-state index in [0.29, 0.717) is 17.3 Å². The van der Waals surface area contributed by atoms with E-state index in [1.807, 2.05) is 57.2 Å². The van der Waals surface area contributed by atoms with Crippen molar-refractivity contribution in [2.24, 2.45) is 0 Å². The Hall–Kier alpha value is -3.49. The molecule has 0 atom stereocenters. The van der Waals surface area contributed by atoms with Gasteiger partial charge < -0.3 is 14.6 Å². The van der Waals surface area contributed by atoms with Crippen molar-refractivity contribution in [2.45, 2.75) is 20.8 Å². The van der Waals surface area contributed by atoms with Crippen LogP contribution in [0.4, 0.5) is 5.69 Å². The average molecular weight is 420 g/mol. The first-order valence-corrected chi connectivity index (χ1v) is 9.91. The zero-order chi connectivity index (χ0) is 21.7. The second-order valence-electron chi connectivity index (χ2n) is 6.72. The highest BCUT2D eigenvalue weighted by atomic mass is 35.5. The van der Waals surface area contributed by atoms with E-state index in [4.69, 9.17) is 16.3 Å². The highest BCUT2D eigenvalue weighted by Crippen LogP contribution is 2.25. The van der Waals surface area contributed by atoms with Crippen molar-refractivity contribution in [1.82, 2.24) is 4.57 Å². The van der Waals surface area contributed by atoms with Gasteiger partial charge in [-0.25, -0.2) is 0 Å². The van der Waals surface area contributed by atoms with Crippen LogP contribution in [0.1, 0.15) is 23.9 Å². The molecule has 3 rings (SSSR count). The molecule has 1 aromatic heterocycles. The smallest absolute Gasteiger partial charge is 0.266 e. The van der Waals surface area contributed by atoms with Gasteiger partial charge in [0.1, 0.15) is 17.4 Å². The average Bonchev–Trinajstić information content (AvgIpc) is 3.01. The third-order valence-corrected chi connectivity index (χ3v) is 4.90. The topological polar surface area (TPSA) is 67.0 Å².